The van der Waals surface area contributed by atoms with Gasteiger partial charge in [0.2, 0.25) is 0 Å². The second kappa shape index (κ2) is 7.50. The van der Waals surface area contributed by atoms with Crippen LogP contribution in [0.25, 0.3) is 0 Å². The van der Waals surface area contributed by atoms with E-state index in [0.717, 1.165) is 17.0 Å². The molecule has 3 aromatic rings. The summed E-state index contributed by atoms with van der Waals surface area (Å²) in [6.07, 6.45) is 0.588. The van der Waals surface area contributed by atoms with Gasteiger partial charge < -0.3 is 5.11 Å². The Bertz CT molecular complexity index is 748. The molecule has 1 aromatic heterocycles. The summed E-state index contributed by atoms with van der Waals surface area (Å²) in [6.45, 7) is 0.477. The standard InChI is InChI=1S/C18H18N4O2/c23-16(24)12-7-13-22-18(19-20-21-22)17(14-8-3-1-4-9-14)15-10-5-2-6-11-15/h1-6,8-11,17H,7,12-13H2,(H,23,24). The summed E-state index contributed by atoms with van der Waals surface area (Å²) in [6, 6.07) is 20.1. The van der Waals surface area contributed by atoms with E-state index >= 15 is 0 Å². The van der Waals surface area contributed by atoms with Gasteiger partial charge in [-0.2, -0.15) is 0 Å². The lowest BCUT2D eigenvalue weighted by Crippen LogP contribution is -2.14. The van der Waals surface area contributed by atoms with Crippen LogP contribution >= 0.6 is 0 Å². The number of carbonyl (C=O) groups is 1. The largest absolute Gasteiger partial charge is 0.481 e. The third kappa shape index (κ3) is 3.65. The summed E-state index contributed by atoms with van der Waals surface area (Å²) in [7, 11) is 0. The van der Waals surface area contributed by atoms with Crippen LogP contribution in [0.3, 0.4) is 0 Å². The van der Waals surface area contributed by atoms with Crippen molar-refractivity contribution in [1.29, 1.82) is 0 Å². The molecule has 0 atom stereocenters. The first-order chi connectivity index (χ1) is 11.8. The van der Waals surface area contributed by atoms with Gasteiger partial charge in [0.1, 0.15) is 0 Å². The van der Waals surface area contributed by atoms with E-state index in [2.05, 4.69) is 15.5 Å². The van der Waals surface area contributed by atoms with E-state index in [4.69, 9.17) is 5.11 Å². The first-order valence-corrected chi connectivity index (χ1v) is 7.83. The average molecular weight is 322 g/mol. The molecule has 0 aliphatic carbocycles. The smallest absolute Gasteiger partial charge is 0.303 e. The Morgan fingerprint density at radius 2 is 1.58 bits per heavy atom. The van der Waals surface area contributed by atoms with Crippen molar-refractivity contribution < 1.29 is 9.90 Å². The molecule has 1 heterocycles. The first-order valence-electron chi connectivity index (χ1n) is 7.83. The first kappa shape index (κ1) is 15.9. The molecule has 0 fully saturated rings. The number of carboxylic acid groups (broad SMARTS) is 1. The van der Waals surface area contributed by atoms with Crippen LogP contribution in [0.15, 0.2) is 60.7 Å². The molecule has 6 nitrogen and oxygen atoms in total. The Labute approximate surface area is 139 Å². The minimum atomic E-state index is -0.813. The van der Waals surface area contributed by atoms with Crippen molar-refractivity contribution in [2.45, 2.75) is 25.3 Å². The average Bonchev–Trinajstić information content (AvgIpc) is 3.05. The molecule has 0 bridgehead atoms. The van der Waals surface area contributed by atoms with Crippen molar-refractivity contribution in [2.24, 2.45) is 0 Å². The third-order valence-electron chi connectivity index (χ3n) is 3.84. The number of aryl methyl sites for hydroxylation is 1. The number of aromatic nitrogens is 4. The van der Waals surface area contributed by atoms with Gasteiger partial charge in [0.15, 0.2) is 5.82 Å². The molecule has 3 rings (SSSR count). The van der Waals surface area contributed by atoms with Crippen LogP contribution in [0.2, 0.25) is 0 Å². The molecule has 24 heavy (non-hydrogen) atoms. The molecule has 0 radical (unpaired) electrons. The number of carboxylic acids is 1. The van der Waals surface area contributed by atoms with Crippen LogP contribution in [-0.2, 0) is 11.3 Å². The van der Waals surface area contributed by atoms with E-state index < -0.39 is 5.97 Å². The molecule has 0 aliphatic rings. The predicted octanol–water partition coefficient (Wildman–Crippen LogP) is 2.72. The topological polar surface area (TPSA) is 80.9 Å². The maximum absolute atomic E-state index is 10.7. The number of tetrazole rings is 1. The number of hydrogen-bond donors (Lipinski definition) is 1. The third-order valence-corrected chi connectivity index (χ3v) is 3.84. The van der Waals surface area contributed by atoms with Gasteiger partial charge in [-0.15, -0.1) is 5.10 Å². The van der Waals surface area contributed by atoms with Gasteiger partial charge in [0.25, 0.3) is 0 Å². The van der Waals surface area contributed by atoms with Crippen molar-refractivity contribution in [2.75, 3.05) is 0 Å². The minimum absolute atomic E-state index is 0.0905. The van der Waals surface area contributed by atoms with E-state index in [0.29, 0.717) is 13.0 Å². The van der Waals surface area contributed by atoms with E-state index in [-0.39, 0.29) is 12.3 Å². The predicted molar refractivity (Wildman–Crippen MR) is 88.5 cm³/mol. The normalized spacial score (nSPS) is 10.9. The highest BCUT2D eigenvalue weighted by atomic mass is 16.4. The van der Waals surface area contributed by atoms with Crippen molar-refractivity contribution in [3.63, 3.8) is 0 Å². The second-order valence-corrected chi connectivity index (χ2v) is 5.51. The Balaban J connectivity index is 1.95. The number of rotatable bonds is 7. The summed E-state index contributed by atoms with van der Waals surface area (Å²) in [5, 5.41) is 20.9. The van der Waals surface area contributed by atoms with E-state index in [9.17, 15) is 4.79 Å². The fourth-order valence-electron chi connectivity index (χ4n) is 2.74. The summed E-state index contributed by atoms with van der Waals surface area (Å²) in [5.41, 5.74) is 2.19. The van der Waals surface area contributed by atoms with Crippen LogP contribution in [0, 0.1) is 0 Å². The number of hydrogen-bond acceptors (Lipinski definition) is 4. The zero-order valence-electron chi connectivity index (χ0n) is 13.1. The van der Waals surface area contributed by atoms with E-state index in [1.54, 1.807) is 4.68 Å². The summed E-state index contributed by atoms with van der Waals surface area (Å²) in [4.78, 5) is 10.7. The molecule has 0 unspecified atom stereocenters. The van der Waals surface area contributed by atoms with Gasteiger partial charge >= 0.3 is 5.97 Å². The fraction of sp³-hybridized carbons (Fsp3) is 0.222. The van der Waals surface area contributed by atoms with E-state index in [1.165, 1.54) is 0 Å². The SMILES string of the molecule is O=C(O)CCCn1nnnc1C(c1ccccc1)c1ccccc1. The highest BCUT2D eigenvalue weighted by Crippen LogP contribution is 2.30. The highest BCUT2D eigenvalue weighted by molar-refractivity contribution is 5.66. The monoisotopic (exact) mass is 322 g/mol. The molecule has 0 amide bonds. The highest BCUT2D eigenvalue weighted by Gasteiger charge is 2.22. The summed E-state index contributed by atoms with van der Waals surface area (Å²) < 4.78 is 1.70. The molecule has 6 heteroatoms. The van der Waals surface area contributed by atoms with Crippen molar-refractivity contribution in [3.8, 4) is 0 Å². The van der Waals surface area contributed by atoms with Crippen molar-refractivity contribution in [1.82, 2.24) is 20.2 Å². The van der Waals surface area contributed by atoms with Gasteiger partial charge in [-0.05, 0) is 28.0 Å². The quantitative estimate of drug-likeness (QED) is 0.723. The lowest BCUT2D eigenvalue weighted by Gasteiger charge is -2.17. The van der Waals surface area contributed by atoms with Crippen LogP contribution in [0.1, 0.15) is 35.7 Å². The molecule has 0 saturated carbocycles. The second-order valence-electron chi connectivity index (χ2n) is 5.51. The Morgan fingerprint density at radius 1 is 1.00 bits per heavy atom. The van der Waals surface area contributed by atoms with Crippen LogP contribution in [0.5, 0.6) is 0 Å². The molecule has 122 valence electrons. The number of aliphatic carboxylic acids is 1. The van der Waals surface area contributed by atoms with Crippen molar-refractivity contribution in [3.05, 3.63) is 77.6 Å². The molecule has 0 spiro atoms. The molecular formula is C18H18N4O2. The molecule has 0 aliphatic heterocycles. The van der Waals surface area contributed by atoms with E-state index in [1.807, 2.05) is 60.7 Å². The zero-order chi connectivity index (χ0) is 16.8. The fourth-order valence-corrected chi connectivity index (χ4v) is 2.74. The van der Waals surface area contributed by atoms with Crippen LogP contribution in [-0.4, -0.2) is 31.3 Å². The van der Waals surface area contributed by atoms with Gasteiger partial charge in [0, 0.05) is 13.0 Å². The van der Waals surface area contributed by atoms with Crippen LogP contribution < -0.4 is 0 Å². The van der Waals surface area contributed by atoms with Crippen molar-refractivity contribution >= 4 is 5.97 Å². The van der Waals surface area contributed by atoms with Gasteiger partial charge in [-0.3, -0.25) is 4.79 Å². The van der Waals surface area contributed by atoms with Crippen LogP contribution in [0.4, 0.5) is 0 Å². The number of benzene rings is 2. The molecule has 0 saturated heterocycles. The summed E-state index contributed by atoms with van der Waals surface area (Å²) in [5.74, 6) is -0.183. The van der Waals surface area contributed by atoms with Gasteiger partial charge in [-0.1, -0.05) is 60.7 Å². The summed E-state index contributed by atoms with van der Waals surface area (Å²) >= 11 is 0. The molecular weight excluding hydrogens is 304 g/mol. The molecule has 1 N–H and O–H groups in total. The lowest BCUT2D eigenvalue weighted by atomic mass is 9.90. The maximum Gasteiger partial charge on any atom is 0.303 e. The lowest BCUT2D eigenvalue weighted by molar-refractivity contribution is -0.137. The Kier molecular flexibility index (Phi) is 4.96. The Hall–Kier alpha value is -3.02. The minimum Gasteiger partial charge on any atom is -0.481 e. The number of nitrogens with zero attached hydrogens (tertiary/aromatic N) is 4. The van der Waals surface area contributed by atoms with Gasteiger partial charge in [-0.25, -0.2) is 4.68 Å². The zero-order valence-corrected chi connectivity index (χ0v) is 13.1. The molecule has 2 aromatic carbocycles. The van der Waals surface area contributed by atoms with Gasteiger partial charge in [0.05, 0.1) is 5.92 Å². The Morgan fingerprint density at radius 3 is 2.12 bits per heavy atom. The maximum atomic E-state index is 10.7.